The number of nitrogens with two attached hydrogens (primary N) is 1. The Morgan fingerprint density at radius 1 is 1.60 bits per heavy atom. The van der Waals surface area contributed by atoms with Crippen molar-refractivity contribution in [1.29, 1.82) is 0 Å². The summed E-state index contributed by atoms with van der Waals surface area (Å²) in [5, 5.41) is 3.96. The molecule has 0 bridgehead atoms. The van der Waals surface area contributed by atoms with Crippen molar-refractivity contribution < 1.29 is 13.5 Å². The number of aromatic nitrogens is 2. The SMILES string of the molecule is CCCn1ncc(OC)c1C(N)C(F)F. The molecule has 1 aromatic rings. The first-order chi connectivity index (χ1) is 7.11. The molecule has 0 aliphatic carbocycles. The van der Waals surface area contributed by atoms with Gasteiger partial charge in [0.05, 0.1) is 13.3 Å². The summed E-state index contributed by atoms with van der Waals surface area (Å²) in [7, 11) is 1.41. The van der Waals surface area contributed by atoms with Gasteiger partial charge in [0.15, 0.2) is 5.75 Å². The Morgan fingerprint density at radius 2 is 2.27 bits per heavy atom. The average Bonchev–Trinajstić information content (AvgIpc) is 2.60. The quantitative estimate of drug-likeness (QED) is 0.817. The zero-order valence-electron chi connectivity index (χ0n) is 8.78. The second-order valence-electron chi connectivity index (χ2n) is 3.18. The third kappa shape index (κ3) is 2.44. The van der Waals surface area contributed by atoms with Crippen LogP contribution in [-0.4, -0.2) is 23.3 Å². The van der Waals surface area contributed by atoms with Crippen LogP contribution in [0.5, 0.6) is 5.75 Å². The minimum atomic E-state index is -2.62. The second-order valence-corrected chi connectivity index (χ2v) is 3.18. The molecule has 1 aromatic heterocycles. The Hall–Kier alpha value is -1.17. The first-order valence-corrected chi connectivity index (χ1v) is 4.75. The van der Waals surface area contributed by atoms with Crippen LogP contribution in [0.25, 0.3) is 0 Å². The molecule has 1 atom stereocenters. The van der Waals surface area contributed by atoms with Crippen LogP contribution in [0.3, 0.4) is 0 Å². The van der Waals surface area contributed by atoms with Gasteiger partial charge in [0.25, 0.3) is 6.43 Å². The van der Waals surface area contributed by atoms with E-state index in [9.17, 15) is 8.78 Å². The fourth-order valence-corrected chi connectivity index (χ4v) is 1.38. The van der Waals surface area contributed by atoms with E-state index in [0.717, 1.165) is 6.42 Å². The molecule has 2 N–H and O–H groups in total. The third-order valence-corrected chi connectivity index (χ3v) is 2.09. The van der Waals surface area contributed by atoms with E-state index in [1.165, 1.54) is 18.0 Å². The predicted molar refractivity (Wildman–Crippen MR) is 52.0 cm³/mol. The standard InChI is InChI=1S/C9H15F2N3O/c1-3-4-14-8(7(12)9(10)11)6(15-2)5-13-14/h5,7,9H,3-4,12H2,1-2H3. The highest BCUT2D eigenvalue weighted by atomic mass is 19.3. The summed E-state index contributed by atoms with van der Waals surface area (Å²) in [4.78, 5) is 0. The highest BCUT2D eigenvalue weighted by Crippen LogP contribution is 2.27. The molecule has 0 fully saturated rings. The molecule has 1 rings (SSSR count). The van der Waals surface area contributed by atoms with E-state index in [0.29, 0.717) is 12.3 Å². The second kappa shape index (κ2) is 5.06. The van der Waals surface area contributed by atoms with Crippen LogP contribution in [0.15, 0.2) is 6.20 Å². The molecule has 0 saturated carbocycles. The predicted octanol–water partition coefficient (Wildman–Crippen LogP) is 1.57. The van der Waals surface area contributed by atoms with Gasteiger partial charge in [0.2, 0.25) is 0 Å². The number of hydrogen-bond donors (Lipinski definition) is 1. The van der Waals surface area contributed by atoms with Crippen LogP contribution in [0.1, 0.15) is 25.1 Å². The number of halogens is 2. The highest BCUT2D eigenvalue weighted by Gasteiger charge is 2.25. The number of methoxy groups -OCH3 is 1. The van der Waals surface area contributed by atoms with Gasteiger partial charge in [-0.05, 0) is 6.42 Å². The molecule has 15 heavy (non-hydrogen) atoms. The maximum Gasteiger partial charge on any atom is 0.259 e. The zero-order valence-corrected chi connectivity index (χ0v) is 8.78. The van der Waals surface area contributed by atoms with Crippen LogP contribution >= 0.6 is 0 Å². The molecule has 0 aliphatic rings. The Kier molecular flexibility index (Phi) is 4.02. The molecule has 4 nitrogen and oxygen atoms in total. The van der Waals surface area contributed by atoms with Gasteiger partial charge in [-0.2, -0.15) is 5.10 Å². The lowest BCUT2D eigenvalue weighted by atomic mass is 10.2. The number of hydrogen-bond acceptors (Lipinski definition) is 3. The Morgan fingerprint density at radius 3 is 2.73 bits per heavy atom. The van der Waals surface area contributed by atoms with Gasteiger partial charge >= 0.3 is 0 Å². The number of nitrogens with zero attached hydrogens (tertiary/aromatic N) is 2. The molecule has 0 amide bonds. The van der Waals surface area contributed by atoms with E-state index in [1.54, 1.807) is 0 Å². The summed E-state index contributed by atoms with van der Waals surface area (Å²) in [6.07, 6.45) is -0.410. The van der Waals surface area contributed by atoms with Crippen molar-refractivity contribution in [3.05, 3.63) is 11.9 Å². The van der Waals surface area contributed by atoms with Gasteiger partial charge in [-0.3, -0.25) is 4.68 Å². The lowest BCUT2D eigenvalue weighted by molar-refractivity contribution is 0.111. The van der Waals surface area contributed by atoms with Gasteiger partial charge in [-0.25, -0.2) is 8.78 Å². The molecule has 1 heterocycles. The largest absolute Gasteiger partial charge is 0.493 e. The van der Waals surface area contributed by atoms with E-state index in [4.69, 9.17) is 10.5 Å². The normalized spacial score (nSPS) is 13.2. The Bertz CT molecular complexity index is 314. The maximum atomic E-state index is 12.5. The van der Waals surface area contributed by atoms with Crippen molar-refractivity contribution in [1.82, 2.24) is 9.78 Å². The van der Waals surface area contributed by atoms with Gasteiger partial charge in [-0.1, -0.05) is 6.92 Å². The average molecular weight is 219 g/mol. The molecule has 6 heteroatoms. The lowest BCUT2D eigenvalue weighted by Gasteiger charge is -2.14. The topological polar surface area (TPSA) is 53.1 Å². The lowest BCUT2D eigenvalue weighted by Crippen LogP contribution is -2.23. The molecular formula is C9H15F2N3O. The summed E-state index contributed by atoms with van der Waals surface area (Å²) in [5.41, 5.74) is 5.66. The summed E-state index contributed by atoms with van der Waals surface area (Å²) in [6.45, 7) is 2.49. The number of aryl methyl sites for hydroxylation is 1. The highest BCUT2D eigenvalue weighted by molar-refractivity contribution is 5.28. The van der Waals surface area contributed by atoms with Gasteiger partial charge in [-0.15, -0.1) is 0 Å². The molecule has 0 saturated heterocycles. The maximum absolute atomic E-state index is 12.5. The molecule has 1 unspecified atom stereocenters. The van der Waals surface area contributed by atoms with Gasteiger partial charge in [0.1, 0.15) is 11.7 Å². The van der Waals surface area contributed by atoms with Gasteiger partial charge < -0.3 is 10.5 Å². The van der Waals surface area contributed by atoms with Crippen LogP contribution < -0.4 is 10.5 Å². The monoisotopic (exact) mass is 219 g/mol. The smallest absolute Gasteiger partial charge is 0.259 e. The fourth-order valence-electron chi connectivity index (χ4n) is 1.38. The van der Waals surface area contributed by atoms with Crippen molar-refractivity contribution in [2.24, 2.45) is 5.73 Å². The number of rotatable bonds is 5. The van der Waals surface area contributed by atoms with E-state index in [-0.39, 0.29) is 5.69 Å². The third-order valence-electron chi connectivity index (χ3n) is 2.09. The zero-order chi connectivity index (χ0) is 11.4. The first-order valence-electron chi connectivity index (χ1n) is 4.75. The van der Waals surface area contributed by atoms with Gasteiger partial charge in [0, 0.05) is 6.54 Å². The van der Waals surface area contributed by atoms with E-state index in [2.05, 4.69) is 5.10 Å². The van der Waals surface area contributed by atoms with Crippen molar-refractivity contribution in [3.8, 4) is 5.75 Å². The summed E-state index contributed by atoms with van der Waals surface area (Å²) in [5.74, 6) is 0.316. The molecule has 0 aromatic carbocycles. The summed E-state index contributed by atoms with van der Waals surface area (Å²) in [6, 6.07) is -1.35. The number of ether oxygens (including phenoxy) is 1. The molecular weight excluding hydrogens is 204 g/mol. The van der Waals surface area contributed by atoms with E-state index < -0.39 is 12.5 Å². The minimum absolute atomic E-state index is 0.259. The van der Waals surface area contributed by atoms with Crippen LogP contribution in [0.2, 0.25) is 0 Å². The Balaban J connectivity index is 3.04. The van der Waals surface area contributed by atoms with Crippen molar-refractivity contribution >= 4 is 0 Å². The summed E-state index contributed by atoms with van der Waals surface area (Å²) < 4.78 is 31.4. The fraction of sp³-hybridized carbons (Fsp3) is 0.667. The van der Waals surface area contributed by atoms with E-state index in [1.807, 2.05) is 6.92 Å². The first kappa shape index (κ1) is 11.9. The summed E-state index contributed by atoms with van der Waals surface area (Å²) >= 11 is 0. The Labute approximate surface area is 87.0 Å². The molecule has 0 radical (unpaired) electrons. The minimum Gasteiger partial charge on any atom is -0.493 e. The van der Waals surface area contributed by atoms with Crippen molar-refractivity contribution in [2.75, 3.05) is 7.11 Å². The molecule has 86 valence electrons. The van der Waals surface area contributed by atoms with Crippen LogP contribution in [0, 0.1) is 0 Å². The van der Waals surface area contributed by atoms with Crippen molar-refractivity contribution in [3.63, 3.8) is 0 Å². The van der Waals surface area contributed by atoms with Crippen LogP contribution in [0.4, 0.5) is 8.78 Å². The van der Waals surface area contributed by atoms with Crippen molar-refractivity contribution in [2.45, 2.75) is 32.4 Å². The molecule has 0 spiro atoms. The molecule has 0 aliphatic heterocycles. The van der Waals surface area contributed by atoms with Crippen LogP contribution in [-0.2, 0) is 6.54 Å². The van der Waals surface area contributed by atoms with E-state index >= 15 is 0 Å². The number of alkyl halides is 2.